The standard InChI is InChI=1S/C16H19FN2O4/c1-9-5-6-19(14(7-9)16(22)23)15(21)11-3-4-12(17)13(8-11)18-10(2)20/h3-4,8-9,14H,5-7H2,1-2H3,(H,18,20)(H,22,23). The second-order valence-electron chi connectivity index (χ2n) is 5.86. The Morgan fingerprint density at radius 2 is 2.04 bits per heavy atom. The predicted molar refractivity (Wildman–Crippen MR) is 81.6 cm³/mol. The number of carboxylic acid groups (broad SMARTS) is 1. The quantitative estimate of drug-likeness (QED) is 0.892. The van der Waals surface area contributed by atoms with Crippen molar-refractivity contribution in [3.8, 4) is 0 Å². The Morgan fingerprint density at radius 1 is 1.35 bits per heavy atom. The number of hydrogen-bond acceptors (Lipinski definition) is 3. The second kappa shape index (κ2) is 6.76. The van der Waals surface area contributed by atoms with Gasteiger partial charge in [0.2, 0.25) is 5.91 Å². The fourth-order valence-corrected chi connectivity index (χ4v) is 2.73. The van der Waals surface area contributed by atoms with E-state index in [4.69, 9.17) is 0 Å². The highest BCUT2D eigenvalue weighted by Crippen LogP contribution is 2.25. The Labute approximate surface area is 133 Å². The van der Waals surface area contributed by atoms with Gasteiger partial charge in [-0.05, 0) is 37.0 Å². The van der Waals surface area contributed by atoms with Crippen LogP contribution in [0.3, 0.4) is 0 Å². The van der Waals surface area contributed by atoms with E-state index in [2.05, 4.69) is 5.32 Å². The van der Waals surface area contributed by atoms with Crippen molar-refractivity contribution >= 4 is 23.5 Å². The summed E-state index contributed by atoms with van der Waals surface area (Å²) in [6.07, 6.45) is 1.11. The Kier molecular flexibility index (Phi) is 4.98. The molecule has 2 unspecified atom stereocenters. The molecule has 0 spiro atoms. The number of carbonyl (C=O) groups is 3. The van der Waals surface area contributed by atoms with Gasteiger partial charge in [-0.2, -0.15) is 0 Å². The third-order valence-electron chi connectivity index (χ3n) is 3.93. The van der Waals surface area contributed by atoms with Crippen molar-refractivity contribution in [2.45, 2.75) is 32.7 Å². The molecule has 1 aliphatic rings. The topological polar surface area (TPSA) is 86.7 Å². The van der Waals surface area contributed by atoms with E-state index in [1.54, 1.807) is 0 Å². The Hall–Kier alpha value is -2.44. The van der Waals surface area contributed by atoms with E-state index in [-0.39, 0.29) is 17.2 Å². The number of benzene rings is 1. The smallest absolute Gasteiger partial charge is 0.326 e. The number of amides is 2. The Morgan fingerprint density at radius 3 is 2.65 bits per heavy atom. The lowest BCUT2D eigenvalue weighted by Gasteiger charge is -2.36. The summed E-state index contributed by atoms with van der Waals surface area (Å²) in [6.45, 7) is 3.52. The number of aliphatic carboxylic acids is 1. The lowest BCUT2D eigenvalue weighted by Crippen LogP contribution is -2.49. The molecule has 2 N–H and O–H groups in total. The number of piperidine rings is 1. The van der Waals surface area contributed by atoms with Gasteiger partial charge in [-0.15, -0.1) is 0 Å². The van der Waals surface area contributed by atoms with E-state index in [0.717, 1.165) is 12.5 Å². The SMILES string of the molecule is CC(=O)Nc1cc(C(=O)N2CCC(C)CC2C(=O)O)ccc1F. The third-order valence-corrected chi connectivity index (χ3v) is 3.93. The van der Waals surface area contributed by atoms with Crippen molar-refractivity contribution < 1.29 is 23.9 Å². The number of likely N-dealkylation sites (tertiary alicyclic amines) is 1. The summed E-state index contributed by atoms with van der Waals surface area (Å²) in [6, 6.07) is 2.72. The van der Waals surface area contributed by atoms with Gasteiger partial charge in [0.05, 0.1) is 5.69 Å². The maximum atomic E-state index is 13.7. The predicted octanol–water partition coefficient (Wildman–Crippen LogP) is 2.11. The summed E-state index contributed by atoms with van der Waals surface area (Å²) in [4.78, 5) is 36.4. The van der Waals surface area contributed by atoms with Crippen molar-refractivity contribution in [3.63, 3.8) is 0 Å². The molecule has 0 radical (unpaired) electrons. The third kappa shape index (κ3) is 3.85. The van der Waals surface area contributed by atoms with Gasteiger partial charge in [0, 0.05) is 19.0 Å². The van der Waals surface area contributed by atoms with Crippen molar-refractivity contribution in [2.75, 3.05) is 11.9 Å². The largest absolute Gasteiger partial charge is 0.480 e. The van der Waals surface area contributed by atoms with Gasteiger partial charge in [-0.3, -0.25) is 9.59 Å². The summed E-state index contributed by atoms with van der Waals surface area (Å²) >= 11 is 0. The lowest BCUT2D eigenvalue weighted by atomic mass is 9.92. The highest BCUT2D eigenvalue weighted by molar-refractivity contribution is 5.98. The first-order chi connectivity index (χ1) is 10.8. The van der Waals surface area contributed by atoms with Gasteiger partial charge >= 0.3 is 5.97 Å². The summed E-state index contributed by atoms with van der Waals surface area (Å²) in [7, 11) is 0. The molecular weight excluding hydrogens is 303 g/mol. The number of carboxylic acids is 1. The number of carbonyl (C=O) groups excluding carboxylic acids is 2. The van der Waals surface area contributed by atoms with Gasteiger partial charge < -0.3 is 15.3 Å². The van der Waals surface area contributed by atoms with E-state index in [1.165, 1.54) is 24.0 Å². The van der Waals surface area contributed by atoms with Crippen LogP contribution < -0.4 is 5.32 Å². The van der Waals surface area contributed by atoms with Crippen LogP contribution in [0.25, 0.3) is 0 Å². The maximum absolute atomic E-state index is 13.7. The molecule has 0 saturated carbocycles. The zero-order valence-electron chi connectivity index (χ0n) is 13.0. The number of hydrogen-bond donors (Lipinski definition) is 2. The molecule has 0 bridgehead atoms. The van der Waals surface area contributed by atoms with E-state index < -0.39 is 29.6 Å². The molecule has 0 aromatic heterocycles. The van der Waals surface area contributed by atoms with Crippen LogP contribution >= 0.6 is 0 Å². The van der Waals surface area contributed by atoms with Crippen molar-refractivity contribution in [1.29, 1.82) is 0 Å². The van der Waals surface area contributed by atoms with Crippen molar-refractivity contribution in [2.24, 2.45) is 5.92 Å². The minimum atomic E-state index is -1.05. The number of halogens is 1. The Bertz CT molecular complexity index is 647. The van der Waals surface area contributed by atoms with Crippen LogP contribution in [0, 0.1) is 11.7 Å². The molecule has 0 aliphatic carbocycles. The van der Waals surface area contributed by atoms with Crippen LogP contribution in [0.4, 0.5) is 10.1 Å². The molecule has 1 fully saturated rings. The first-order valence-electron chi connectivity index (χ1n) is 7.40. The number of nitrogens with one attached hydrogen (secondary N) is 1. The average molecular weight is 322 g/mol. The molecule has 124 valence electrons. The highest BCUT2D eigenvalue weighted by atomic mass is 19.1. The minimum absolute atomic E-state index is 0.0967. The molecule has 1 aliphatic heterocycles. The van der Waals surface area contributed by atoms with E-state index >= 15 is 0 Å². The van der Waals surface area contributed by atoms with Gasteiger partial charge in [0.25, 0.3) is 5.91 Å². The van der Waals surface area contributed by atoms with Crippen molar-refractivity contribution in [1.82, 2.24) is 4.90 Å². The van der Waals surface area contributed by atoms with Gasteiger partial charge in [-0.25, -0.2) is 9.18 Å². The van der Waals surface area contributed by atoms with Gasteiger partial charge in [0.1, 0.15) is 11.9 Å². The Balaban J connectivity index is 2.28. The van der Waals surface area contributed by atoms with Gasteiger partial charge in [0.15, 0.2) is 0 Å². The second-order valence-corrected chi connectivity index (χ2v) is 5.86. The molecule has 2 rings (SSSR count). The number of rotatable bonds is 3. The minimum Gasteiger partial charge on any atom is -0.480 e. The summed E-state index contributed by atoms with van der Waals surface area (Å²) < 4.78 is 13.7. The highest BCUT2D eigenvalue weighted by Gasteiger charge is 2.35. The number of nitrogens with zero attached hydrogens (tertiary/aromatic N) is 1. The fourth-order valence-electron chi connectivity index (χ4n) is 2.73. The zero-order valence-corrected chi connectivity index (χ0v) is 13.0. The summed E-state index contributed by atoms with van der Waals surface area (Å²) in [5.74, 6) is -2.41. The van der Waals surface area contributed by atoms with Gasteiger partial charge in [-0.1, -0.05) is 6.92 Å². The van der Waals surface area contributed by atoms with Crippen LogP contribution in [0.5, 0.6) is 0 Å². The molecule has 1 aromatic rings. The fraction of sp³-hybridized carbons (Fsp3) is 0.438. The van der Waals surface area contributed by atoms with Crippen LogP contribution in [-0.2, 0) is 9.59 Å². The summed E-state index contributed by atoms with van der Waals surface area (Å²) in [5.41, 5.74) is 0.0524. The molecule has 1 saturated heterocycles. The first-order valence-corrected chi connectivity index (χ1v) is 7.40. The van der Waals surface area contributed by atoms with Crippen molar-refractivity contribution in [3.05, 3.63) is 29.6 Å². The lowest BCUT2D eigenvalue weighted by molar-refractivity contribution is -0.144. The van der Waals surface area contributed by atoms with E-state index in [1.807, 2.05) is 6.92 Å². The van der Waals surface area contributed by atoms with Crippen LogP contribution in [0.2, 0.25) is 0 Å². The normalized spacial score (nSPS) is 20.9. The molecule has 2 amide bonds. The molecule has 2 atom stereocenters. The molecular formula is C16H19FN2O4. The monoisotopic (exact) mass is 322 g/mol. The molecule has 23 heavy (non-hydrogen) atoms. The maximum Gasteiger partial charge on any atom is 0.326 e. The average Bonchev–Trinajstić information content (AvgIpc) is 2.48. The van der Waals surface area contributed by atoms with Crippen LogP contribution in [0.1, 0.15) is 37.0 Å². The first kappa shape index (κ1) is 16.9. The molecule has 6 nitrogen and oxygen atoms in total. The molecule has 1 heterocycles. The van der Waals surface area contributed by atoms with E-state index in [0.29, 0.717) is 13.0 Å². The summed E-state index contributed by atoms with van der Waals surface area (Å²) in [5, 5.41) is 11.6. The van der Waals surface area contributed by atoms with E-state index in [9.17, 15) is 23.9 Å². The van der Waals surface area contributed by atoms with Crippen LogP contribution in [-0.4, -0.2) is 40.4 Å². The number of anilines is 1. The van der Waals surface area contributed by atoms with Crippen LogP contribution in [0.15, 0.2) is 18.2 Å². The molecule has 7 heteroatoms. The molecule has 1 aromatic carbocycles. The zero-order chi connectivity index (χ0) is 17.1.